The van der Waals surface area contributed by atoms with Crippen LogP contribution in [0.4, 0.5) is 4.39 Å². The Hall–Kier alpha value is -2.88. The summed E-state index contributed by atoms with van der Waals surface area (Å²) < 4.78 is 45.9. The molecular formula is C21H18FN3O3S2. The summed E-state index contributed by atoms with van der Waals surface area (Å²) in [6, 6.07) is 16.7. The molecule has 30 heavy (non-hydrogen) atoms. The SMILES string of the molecule is Cc1sc(-c2nc(-c3ccc(F)cc3)no2)cc1S(=O)(=O)N(C)Cc1ccccc1. The van der Waals surface area contributed by atoms with E-state index in [4.69, 9.17) is 4.52 Å². The van der Waals surface area contributed by atoms with Gasteiger partial charge in [-0.2, -0.15) is 9.29 Å². The lowest BCUT2D eigenvalue weighted by Crippen LogP contribution is -2.26. The van der Waals surface area contributed by atoms with Gasteiger partial charge in [0.05, 0.1) is 9.77 Å². The minimum Gasteiger partial charge on any atom is -0.333 e. The summed E-state index contributed by atoms with van der Waals surface area (Å²) in [6.07, 6.45) is 0. The van der Waals surface area contributed by atoms with Gasteiger partial charge in [-0.1, -0.05) is 35.5 Å². The molecule has 9 heteroatoms. The van der Waals surface area contributed by atoms with E-state index in [2.05, 4.69) is 10.1 Å². The zero-order chi connectivity index (χ0) is 21.3. The molecule has 0 saturated heterocycles. The number of sulfonamides is 1. The predicted molar refractivity (Wildman–Crippen MR) is 113 cm³/mol. The minimum absolute atomic E-state index is 0.211. The van der Waals surface area contributed by atoms with E-state index in [1.54, 1.807) is 32.2 Å². The van der Waals surface area contributed by atoms with Crippen molar-refractivity contribution in [3.8, 4) is 22.2 Å². The normalized spacial score (nSPS) is 11.9. The Labute approximate surface area is 177 Å². The van der Waals surface area contributed by atoms with E-state index < -0.39 is 10.0 Å². The maximum absolute atomic E-state index is 13.1. The maximum Gasteiger partial charge on any atom is 0.268 e. The number of hydrogen-bond acceptors (Lipinski definition) is 6. The molecule has 0 bridgehead atoms. The highest BCUT2D eigenvalue weighted by Gasteiger charge is 2.26. The van der Waals surface area contributed by atoms with Crippen LogP contribution in [0.3, 0.4) is 0 Å². The fourth-order valence-electron chi connectivity index (χ4n) is 2.96. The first-order valence-corrected chi connectivity index (χ1v) is 11.3. The van der Waals surface area contributed by atoms with Gasteiger partial charge in [-0.25, -0.2) is 12.8 Å². The van der Waals surface area contributed by atoms with Crippen molar-refractivity contribution in [1.82, 2.24) is 14.4 Å². The van der Waals surface area contributed by atoms with E-state index in [1.807, 2.05) is 30.3 Å². The Bertz CT molecular complexity index is 1270. The lowest BCUT2D eigenvalue weighted by atomic mass is 10.2. The second-order valence-electron chi connectivity index (χ2n) is 6.71. The molecule has 0 unspecified atom stereocenters. The van der Waals surface area contributed by atoms with E-state index in [0.717, 1.165) is 5.56 Å². The highest BCUT2D eigenvalue weighted by Crippen LogP contribution is 2.35. The number of rotatable bonds is 6. The molecule has 2 aromatic heterocycles. The Balaban J connectivity index is 1.61. The van der Waals surface area contributed by atoms with Crippen LogP contribution in [-0.4, -0.2) is 29.9 Å². The van der Waals surface area contributed by atoms with E-state index in [-0.39, 0.29) is 23.1 Å². The van der Waals surface area contributed by atoms with E-state index in [9.17, 15) is 12.8 Å². The van der Waals surface area contributed by atoms with Gasteiger partial charge in [-0.15, -0.1) is 11.3 Å². The van der Waals surface area contributed by atoms with E-state index in [1.165, 1.54) is 27.8 Å². The molecule has 0 aliphatic rings. The quantitative estimate of drug-likeness (QED) is 0.430. The summed E-state index contributed by atoms with van der Waals surface area (Å²) in [5, 5.41) is 3.92. The fraction of sp³-hybridized carbons (Fsp3) is 0.143. The van der Waals surface area contributed by atoms with Gasteiger partial charge >= 0.3 is 0 Å². The van der Waals surface area contributed by atoms with Crippen LogP contribution in [0.15, 0.2) is 70.1 Å². The highest BCUT2D eigenvalue weighted by molar-refractivity contribution is 7.89. The molecule has 4 rings (SSSR count). The number of aromatic nitrogens is 2. The van der Waals surface area contributed by atoms with Crippen molar-refractivity contribution in [1.29, 1.82) is 0 Å². The molecule has 0 aliphatic heterocycles. The third kappa shape index (κ3) is 4.04. The Morgan fingerprint density at radius 2 is 1.80 bits per heavy atom. The molecular weight excluding hydrogens is 425 g/mol. The summed E-state index contributed by atoms with van der Waals surface area (Å²) in [4.78, 5) is 5.73. The largest absolute Gasteiger partial charge is 0.333 e. The molecule has 0 atom stereocenters. The Morgan fingerprint density at radius 3 is 2.50 bits per heavy atom. The standard InChI is InChI=1S/C21H18FN3O3S2/c1-14-19(30(26,27)25(2)13-15-6-4-3-5-7-15)12-18(29-14)21-23-20(24-28-21)16-8-10-17(22)11-9-16/h3-12H,13H2,1-2H3. The minimum atomic E-state index is -3.69. The third-order valence-corrected chi connectivity index (χ3v) is 7.65. The summed E-state index contributed by atoms with van der Waals surface area (Å²) in [5.74, 6) is 0.169. The fourth-order valence-corrected chi connectivity index (χ4v) is 5.60. The van der Waals surface area contributed by atoms with Gasteiger partial charge in [0.1, 0.15) is 5.82 Å². The molecule has 0 saturated carbocycles. The second kappa shape index (κ2) is 8.10. The Kier molecular flexibility index (Phi) is 5.50. The smallest absolute Gasteiger partial charge is 0.268 e. The first-order chi connectivity index (χ1) is 14.3. The van der Waals surface area contributed by atoms with Gasteiger partial charge in [0.25, 0.3) is 5.89 Å². The zero-order valence-electron chi connectivity index (χ0n) is 16.2. The Morgan fingerprint density at radius 1 is 1.10 bits per heavy atom. The molecule has 154 valence electrons. The van der Waals surface area contributed by atoms with E-state index in [0.29, 0.717) is 21.1 Å². The third-order valence-electron chi connectivity index (χ3n) is 4.55. The molecule has 6 nitrogen and oxygen atoms in total. The van der Waals surface area contributed by atoms with Gasteiger partial charge in [-0.3, -0.25) is 0 Å². The van der Waals surface area contributed by atoms with Crippen molar-refractivity contribution in [2.75, 3.05) is 7.05 Å². The summed E-state index contributed by atoms with van der Waals surface area (Å²) in [6.45, 7) is 2.01. The van der Waals surface area contributed by atoms with Crippen molar-refractivity contribution in [3.63, 3.8) is 0 Å². The lowest BCUT2D eigenvalue weighted by molar-refractivity contribution is 0.433. The molecule has 2 heterocycles. The van der Waals surface area contributed by atoms with Crippen LogP contribution in [0.25, 0.3) is 22.2 Å². The molecule has 0 radical (unpaired) electrons. The number of hydrogen-bond donors (Lipinski definition) is 0. The van der Waals surface area contributed by atoms with Crippen LogP contribution < -0.4 is 0 Å². The van der Waals surface area contributed by atoms with Gasteiger partial charge in [0.15, 0.2) is 0 Å². The van der Waals surface area contributed by atoms with Crippen LogP contribution in [0.2, 0.25) is 0 Å². The van der Waals surface area contributed by atoms with Crippen LogP contribution in [0, 0.1) is 12.7 Å². The molecule has 2 aromatic carbocycles. The second-order valence-corrected chi connectivity index (χ2v) is 9.98. The van der Waals surface area contributed by atoms with Gasteiger partial charge in [-0.05, 0) is 42.8 Å². The van der Waals surface area contributed by atoms with Gasteiger partial charge < -0.3 is 4.52 Å². The number of benzene rings is 2. The molecule has 0 fully saturated rings. The molecule has 4 aromatic rings. The summed E-state index contributed by atoms with van der Waals surface area (Å²) in [5.41, 5.74) is 1.51. The zero-order valence-corrected chi connectivity index (χ0v) is 17.9. The van der Waals surface area contributed by atoms with Crippen LogP contribution >= 0.6 is 11.3 Å². The summed E-state index contributed by atoms with van der Waals surface area (Å²) in [7, 11) is -2.14. The lowest BCUT2D eigenvalue weighted by Gasteiger charge is -2.17. The van der Waals surface area contributed by atoms with Crippen molar-refractivity contribution < 1.29 is 17.3 Å². The number of halogens is 1. The maximum atomic E-state index is 13.1. The molecule has 0 aliphatic carbocycles. The monoisotopic (exact) mass is 443 g/mol. The topological polar surface area (TPSA) is 76.3 Å². The average molecular weight is 444 g/mol. The number of nitrogens with zero attached hydrogens (tertiary/aromatic N) is 3. The number of aryl methyl sites for hydroxylation is 1. The first kappa shape index (κ1) is 20.4. The van der Waals surface area contributed by atoms with E-state index >= 15 is 0 Å². The molecule has 0 N–H and O–H groups in total. The van der Waals surface area contributed by atoms with Crippen molar-refractivity contribution in [2.24, 2.45) is 0 Å². The van der Waals surface area contributed by atoms with Crippen molar-refractivity contribution >= 4 is 21.4 Å². The van der Waals surface area contributed by atoms with Crippen LogP contribution in [0.1, 0.15) is 10.4 Å². The van der Waals surface area contributed by atoms with Crippen molar-refractivity contribution in [2.45, 2.75) is 18.4 Å². The van der Waals surface area contributed by atoms with Crippen LogP contribution in [-0.2, 0) is 16.6 Å². The van der Waals surface area contributed by atoms with Crippen LogP contribution in [0.5, 0.6) is 0 Å². The highest BCUT2D eigenvalue weighted by atomic mass is 32.2. The molecule has 0 spiro atoms. The summed E-state index contributed by atoms with van der Waals surface area (Å²) >= 11 is 1.27. The average Bonchev–Trinajstić information content (AvgIpc) is 3.36. The van der Waals surface area contributed by atoms with Gasteiger partial charge in [0.2, 0.25) is 15.8 Å². The number of thiophene rings is 1. The van der Waals surface area contributed by atoms with Gasteiger partial charge in [0, 0.05) is 24.0 Å². The molecule has 0 amide bonds. The first-order valence-electron chi connectivity index (χ1n) is 9.05. The van der Waals surface area contributed by atoms with Crippen molar-refractivity contribution in [3.05, 3.63) is 76.9 Å². The predicted octanol–water partition coefficient (Wildman–Crippen LogP) is 4.73.